The molecule has 0 N–H and O–H groups in total. The van der Waals surface area contributed by atoms with E-state index in [0.29, 0.717) is 25.0 Å². The van der Waals surface area contributed by atoms with Crippen LogP contribution in [0, 0.1) is 0 Å². The third-order valence-corrected chi connectivity index (χ3v) is 15.1. The summed E-state index contributed by atoms with van der Waals surface area (Å²) in [6.07, 6.45) is 13.7. The fourth-order valence-electron chi connectivity index (χ4n) is 3.28. The van der Waals surface area contributed by atoms with Crippen LogP contribution in [0.4, 0.5) is 0 Å². The Morgan fingerprint density at radius 2 is 0.792 bits per heavy atom. The van der Waals surface area contributed by atoms with Crippen LogP contribution in [-0.2, 0) is 28.7 Å². The smallest absolute Gasteiger partial charge is 0.0675 e. The molecule has 0 heterocycles. The van der Waals surface area contributed by atoms with Gasteiger partial charge in [0.25, 0.3) is 0 Å². The van der Waals surface area contributed by atoms with Gasteiger partial charge in [-0.15, -0.1) is 0 Å². The monoisotopic (exact) mass is 896 g/mol. The number of carboxylic acid groups (broad SMARTS) is 4. The summed E-state index contributed by atoms with van der Waals surface area (Å²) < 4.78 is 16.6. The number of carbonyl (C=O) groups excluding carboxylic acids is 4. The number of unbranched alkanes of at least 4 members (excludes halogenated alkanes) is 4. The van der Waals surface area contributed by atoms with E-state index >= 15 is 0 Å². The summed E-state index contributed by atoms with van der Waals surface area (Å²) in [5.74, 6) is -6.06. The van der Waals surface area contributed by atoms with Crippen molar-refractivity contribution in [3.05, 3.63) is 23.3 Å². The second-order valence-electron chi connectivity index (χ2n) is 12.4. The molecular weight excluding hydrogens is 830 g/mol. The van der Waals surface area contributed by atoms with Crippen molar-refractivity contribution in [3.8, 4) is 0 Å². The predicted octanol–water partition coefficient (Wildman–Crippen LogP) is 3.49. The molecule has 276 valence electrons. The van der Waals surface area contributed by atoms with E-state index in [9.17, 15) is 39.6 Å². The quantitative estimate of drug-likeness (QED) is 0.0792. The van der Waals surface area contributed by atoms with E-state index in [1.807, 2.05) is 0 Å². The Balaban J connectivity index is -0.000000277. The maximum Gasteiger partial charge on any atom is 0.0675 e. The minimum Gasteiger partial charge on any atom is -0.545 e. The van der Waals surface area contributed by atoms with Crippen molar-refractivity contribution >= 4 is 66.2 Å². The summed E-state index contributed by atoms with van der Waals surface area (Å²) in [6, 6.07) is 0. The molecule has 0 saturated heterocycles. The molecule has 0 aliphatic heterocycles. The number of methoxy groups -OCH3 is 2. The molecule has 0 aromatic rings. The standard InChI is InChI=1S/2C10H16O5.4C4H9.2Sn/c2*1-10(2,15-3)5-4-7(9(13)14)6-8(11)12;4*1-3-4-2;;/h2*6H,4-5H2,1-3H3,(H,11,12)(H,13,14);4*1,3-4H2,2H3;;/q;;;;;;2*+2/p-4/b2*7-6-;;;;;;. The zero-order valence-corrected chi connectivity index (χ0v) is 37.3. The molecule has 0 aromatic carbocycles. The summed E-state index contributed by atoms with van der Waals surface area (Å²) in [5, 5.41) is 41.5. The Bertz CT molecular complexity index is 815. The molecule has 0 spiro atoms. The zero-order chi connectivity index (χ0) is 38.0. The fourth-order valence-corrected chi connectivity index (χ4v) is 11.6. The fraction of sp³-hybridized carbons (Fsp3) is 0.778. The minimum absolute atomic E-state index is 0.0666. The number of carbonyl (C=O) groups is 4. The molecule has 48 heavy (non-hydrogen) atoms. The van der Waals surface area contributed by atoms with Gasteiger partial charge >= 0.3 is 139 Å². The van der Waals surface area contributed by atoms with Crippen LogP contribution in [0.25, 0.3) is 0 Å². The van der Waals surface area contributed by atoms with Crippen molar-refractivity contribution in [2.45, 2.75) is 161 Å². The maximum atomic E-state index is 10.5. The first-order chi connectivity index (χ1) is 22.4. The minimum atomic E-state index is -1.54. The van der Waals surface area contributed by atoms with Crippen LogP contribution < -0.4 is 20.4 Å². The second kappa shape index (κ2) is 35.7. The summed E-state index contributed by atoms with van der Waals surface area (Å²) >= 11 is 0.299. The number of aliphatic carboxylic acids is 4. The van der Waals surface area contributed by atoms with Gasteiger partial charge in [-0.3, -0.25) is 0 Å². The van der Waals surface area contributed by atoms with E-state index in [1.54, 1.807) is 45.4 Å². The number of rotatable bonds is 24. The van der Waals surface area contributed by atoms with E-state index in [-0.39, 0.29) is 66.3 Å². The predicted molar refractivity (Wildman–Crippen MR) is 187 cm³/mol. The Morgan fingerprint density at radius 1 is 0.542 bits per heavy atom. The first-order valence-electron chi connectivity index (χ1n) is 17.2. The van der Waals surface area contributed by atoms with Crippen molar-refractivity contribution in [1.82, 2.24) is 0 Å². The first kappa shape index (κ1) is 53.7. The van der Waals surface area contributed by atoms with Gasteiger partial charge in [0.05, 0.1) is 35.1 Å². The van der Waals surface area contributed by atoms with Crippen LogP contribution in [0.5, 0.6) is 0 Å². The average molecular weight is 894 g/mol. The van der Waals surface area contributed by atoms with Crippen LogP contribution in [0.2, 0.25) is 17.7 Å². The molecule has 0 aromatic heterocycles. The SMILES string of the molecule is CCC[CH2][Sn+2][CH2]CCC.CCC[CH2][Sn+2][CH2]CCC.COC(C)(C)CC/C(=C/C(=O)[O-])C(=O)[O-].COC(C)(C)CC/C(=C/C(=O)[O-])C(=O)[O-]. The number of hydrogen-bond donors (Lipinski definition) is 0. The summed E-state index contributed by atoms with van der Waals surface area (Å²) in [7, 11) is 3.00. The Kier molecular flexibility index (Phi) is 39.9. The molecule has 0 amide bonds. The molecular formula is C36H64O10Sn2. The van der Waals surface area contributed by atoms with Gasteiger partial charge in [0.1, 0.15) is 0 Å². The van der Waals surface area contributed by atoms with E-state index < -0.39 is 35.1 Å². The van der Waals surface area contributed by atoms with Crippen molar-refractivity contribution in [3.63, 3.8) is 0 Å². The van der Waals surface area contributed by atoms with Crippen molar-refractivity contribution < 1.29 is 49.1 Å². The molecule has 0 fully saturated rings. The topological polar surface area (TPSA) is 179 Å². The van der Waals surface area contributed by atoms with Gasteiger partial charge in [-0.1, -0.05) is 0 Å². The first-order valence-corrected chi connectivity index (χ1v) is 25.2. The van der Waals surface area contributed by atoms with Crippen LogP contribution in [0.1, 0.15) is 132 Å². The Labute approximate surface area is 312 Å². The Hall–Kier alpha value is -1.12. The van der Waals surface area contributed by atoms with Crippen molar-refractivity contribution in [2.75, 3.05) is 14.2 Å². The summed E-state index contributed by atoms with van der Waals surface area (Å²) in [4.78, 5) is 41.5. The molecule has 0 saturated carbocycles. The van der Waals surface area contributed by atoms with Crippen molar-refractivity contribution in [2.24, 2.45) is 0 Å². The van der Waals surface area contributed by atoms with Gasteiger partial charge < -0.3 is 49.1 Å². The third kappa shape index (κ3) is 42.9. The normalized spacial score (nSPS) is 11.3. The number of hydrogen-bond acceptors (Lipinski definition) is 10. The van der Waals surface area contributed by atoms with Gasteiger partial charge in [0, 0.05) is 14.2 Å². The van der Waals surface area contributed by atoms with E-state index in [0.717, 1.165) is 0 Å². The molecule has 0 rings (SSSR count). The largest absolute Gasteiger partial charge is 0.545 e. The molecule has 0 bridgehead atoms. The molecule has 12 heteroatoms. The molecule has 0 unspecified atom stereocenters. The second-order valence-corrected chi connectivity index (χ2v) is 21.0. The molecule has 0 aliphatic rings. The van der Waals surface area contributed by atoms with Crippen LogP contribution in [-0.4, -0.2) is 91.6 Å². The average Bonchev–Trinajstić information content (AvgIpc) is 3.01. The molecule has 0 aliphatic carbocycles. The van der Waals surface area contributed by atoms with Crippen molar-refractivity contribution in [1.29, 1.82) is 0 Å². The van der Waals surface area contributed by atoms with Gasteiger partial charge in [-0.25, -0.2) is 0 Å². The maximum absolute atomic E-state index is 10.5. The Morgan fingerprint density at radius 3 is 0.958 bits per heavy atom. The van der Waals surface area contributed by atoms with E-state index in [1.165, 1.54) is 65.6 Å². The summed E-state index contributed by atoms with van der Waals surface area (Å²) in [6.45, 7) is 16.3. The molecule has 10 nitrogen and oxygen atoms in total. The van der Waals surface area contributed by atoms with E-state index in [4.69, 9.17) is 9.47 Å². The van der Waals surface area contributed by atoms with Gasteiger partial charge in [0.15, 0.2) is 0 Å². The van der Waals surface area contributed by atoms with Crippen LogP contribution in [0.3, 0.4) is 0 Å². The third-order valence-electron chi connectivity index (χ3n) is 7.03. The number of ether oxygens (including phenoxy) is 2. The van der Waals surface area contributed by atoms with Gasteiger partial charge in [-0.05, 0) is 76.7 Å². The van der Waals surface area contributed by atoms with E-state index in [2.05, 4.69) is 27.7 Å². The summed E-state index contributed by atoms with van der Waals surface area (Å²) in [5.41, 5.74) is -1.58. The van der Waals surface area contributed by atoms with Gasteiger partial charge in [0.2, 0.25) is 0 Å². The van der Waals surface area contributed by atoms with Crippen LogP contribution in [0.15, 0.2) is 23.3 Å². The van der Waals surface area contributed by atoms with Crippen LogP contribution >= 0.6 is 0 Å². The van der Waals surface area contributed by atoms with Gasteiger partial charge in [-0.2, -0.15) is 0 Å². The molecule has 0 radical (unpaired) electrons. The number of carboxylic acids is 4. The zero-order valence-electron chi connectivity index (χ0n) is 31.6. The molecule has 0 atom stereocenters.